The quantitative estimate of drug-likeness (QED) is 0.0274. The van der Waals surface area contributed by atoms with Gasteiger partial charge >= 0.3 is 25.7 Å². The summed E-state index contributed by atoms with van der Waals surface area (Å²) in [5.41, 5.74) is 23.3. The van der Waals surface area contributed by atoms with Gasteiger partial charge in [0.15, 0.2) is 0 Å². The fourth-order valence-corrected chi connectivity index (χ4v) is 13.2. The van der Waals surface area contributed by atoms with Crippen LogP contribution in [0.4, 0.5) is 0 Å². The summed E-state index contributed by atoms with van der Waals surface area (Å²) in [6.45, 7) is 2.86. The van der Waals surface area contributed by atoms with E-state index in [2.05, 4.69) is 58.5 Å². The van der Waals surface area contributed by atoms with Gasteiger partial charge in [-0.05, 0) is 107 Å². The molecule has 0 spiro atoms. The first-order valence-electron chi connectivity index (χ1n) is 38.1. The second kappa shape index (κ2) is 48.9. The summed E-state index contributed by atoms with van der Waals surface area (Å²) in [6.07, 6.45) is -10.4. The molecule has 15 atom stereocenters. The zero-order chi connectivity index (χ0) is 90.0. The van der Waals surface area contributed by atoms with E-state index in [-0.39, 0.29) is 68.8 Å². The van der Waals surface area contributed by atoms with Crippen molar-refractivity contribution >= 4 is 120 Å². The van der Waals surface area contributed by atoms with E-state index in [0.29, 0.717) is 5.56 Å². The van der Waals surface area contributed by atoms with Crippen LogP contribution in [0, 0.1) is 5.92 Å². The van der Waals surface area contributed by atoms with Crippen molar-refractivity contribution in [3.63, 3.8) is 0 Å². The van der Waals surface area contributed by atoms with Gasteiger partial charge in [0, 0.05) is 59.4 Å². The van der Waals surface area contributed by atoms with E-state index >= 15 is 0 Å². The fourth-order valence-electron chi connectivity index (χ4n) is 12.6. The molecule has 16 amide bonds. The number of likely N-dealkylation sites (tertiary alicyclic amines) is 2. The topological polar surface area (TPSA) is 733 Å². The van der Waals surface area contributed by atoms with Crippen molar-refractivity contribution < 1.29 is 140 Å². The van der Waals surface area contributed by atoms with Crippen LogP contribution in [-0.2, 0) is 118 Å². The average molecular weight is 1720 g/mol. The van der Waals surface area contributed by atoms with E-state index in [1.807, 2.05) is 0 Å². The second-order valence-corrected chi connectivity index (χ2v) is 30.7. The predicted molar refractivity (Wildman–Crippen MR) is 414 cm³/mol. The molecule has 0 aromatic heterocycles. The summed E-state index contributed by atoms with van der Waals surface area (Å²) in [5.74, 6) is -22.9. The number of hydrogen-bond donors (Lipinski definition) is 21. The van der Waals surface area contributed by atoms with Gasteiger partial charge in [-0.3, -0.25) is 95.3 Å². The molecule has 0 unspecified atom stereocenters. The second-order valence-electron chi connectivity index (χ2n) is 28.8. The van der Waals surface area contributed by atoms with E-state index in [4.69, 9.17) is 36.5 Å². The number of amides is 16. The summed E-state index contributed by atoms with van der Waals surface area (Å²) in [4.78, 5) is 257. The van der Waals surface area contributed by atoms with Crippen molar-refractivity contribution in [2.45, 2.75) is 221 Å². The highest BCUT2D eigenvalue weighted by atomic mass is 31.2. The van der Waals surface area contributed by atoms with Crippen LogP contribution in [-0.4, -0.2) is 284 Å². The SMILES string of the molecule is COP(=O)(OC)Oc1ccc(C[C@H](NC(=O)[C@H](CCC(N)=O)NC(=O)[C@@H]2CCCN2C(=O)[C@H](CCC(=O)O)NC(=O)[C@@H](NC(=O)[C@H](CO)NC(=O)[C@@H](NC(=O)[C@@H](N)Cc2ccccc2)[C@@H](C)O)[C@@H](C)O)C(=O)N[C@@H](CCC(N)=O)C(=O)N2CCC[C@H]2C(=O)NCC(=O)N[C@@H](CCC(=O)O)C(=O)N[C@@H](CC(N)=O)C(=O)N[C@@H](CC(C)C)C(=O)O)cc1. The number of hydrogen-bond acceptors (Lipinski definition) is 27. The standard InChI is InChI=1S/C73H108N17O29P/c1-36(2)30-49(73(114)115)85-65(106)48(33-55(77)96)84-62(103)43(22-26-57(98)99)79-56(97)34-78-67(108)51-14-10-28-89(51)71(112)45(21-25-54(76)95)81-64(105)47(32-40-16-18-41(19-17-40)119-120(116,117-5)118-6)83-63(104)44(20-24-53(75)94)80-68(109)52-15-11-29-90(52)72(113)46(23-27-58(100)101)82-69(110)60(38(4)93)88-66(107)50(35-91)86-70(111)59(37(3)92)87-61(102)42(74)31-39-12-8-7-9-13-39/h7-9,12-13,16-19,36-38,42-52,59-60,91-93H,10-11,14-15,20-35,74H2,1-6H3,(H2,75,94)(H2,76,95)(H2,77,96)(H,78,108)(H,79,97)(H,80,109)(H,81,105)(H,82,110)(H,83,104)(H,84,103)(H,85,106)(H,86,111)(H,87,102)(H,88,107)(H,98,99)(H,100,101)(H,114,115)/t37-,38-,42+,43+,44+,45+,46+,47+,48+,49+,50+,51+,52+,59+,60+/m1/s1. The lowest BCUT2D eigenvalue weighted by atomic mass is 10.0. The van der Waals surface area contributed by atoms with Crippen LogP contribution in [0.25, 0.3) is 0 Å². The van der Waals surface area contributed by atoms with Crippen molar-refractivity contribution in [2.75, 3.05) is 40.5 Å². The molecule has 120 heavy (non-hydrogen) atoms. The van der Waals surface area contributed by atoms with Gasteiger partial charge in [-0.1, -0.05) is 56.3 Å². The number of benzene rings is 2. The Kier molecular flexibility index (Phi) is 41.0. The van der Waals surface area contributed by atoms with Crippen molar-refractivity contribution in [1.82, 2.24) is 68.3 Å². The zero-order valence-corrected chi connectivity index (χ0v) is 67.7. The molecule has 2 aromatic carbocycles. The van der Waals surface area contributed by atoms with Gasteiger partial charge in [0.05, 0.1) is 37.8 Å². The lowest BCUT2D eigenvalue weighted by Crippen LogP contribution is -2.63. The molecule has 0 saturated carbocycles. The maximum absolute atomic E-state index is 15.0. The highest BCUT2D eigenvalue weighted by molar-refractivity contribution is 7.48. The third kappa shape index (κ3) is 33.2. The Hall–Kier alpha value is -11.8. The van der Waals surface area contributed by atoms with Crippen LogP contribution in [0.15, 0.2) is 54.6 Å². The molecule has 2 aliphatic rings. The minimum absolute atomic E-state index is 0.0178. The van der Waals surface area contributed by atoms with Gasteiger partial charge in [0.2, 0.25) is 94.5 Å². The number of nitrogens with one attached hydrogen (secondary N) is 11. The average Bonchev–Trinajstić information content (AvgIpc) is 1.64. The molecule has 4 rings (SSSR count). The van der Waals surface area contributed by atoms with Gasteiger partial charge in [0.1, 0.15) is 78.3 Å². The summed E-state index contributed by atoms with van der Waals surface area (Å²) in [7, 11) is -2.09. The highest BCUT2D eigenvalue weighted by Crippen LogP contribution is 2.47. The smallest absolute Gasteiger partial charge is 0.481 e. The zero-order valence-electron chi connectivity index (χ0n) is 66.8. The molecule has 0 bridgehead atoms. The monoisotopic (exact) mass is 1720 g/mol. The van der Waals surface area contributed by atoms with E-state index in [1.54, 1.807) is 44.2 Å². The predicted octanol–water partition coefficient (Wildman–Crippen LogP) is -7.45. The van der Waals surface area contributed by atoms with Crippen LogP contribution >= 0.6 is 7.82 Å². The van der Waals surface area contributed by atoms with Crippen molar-refractivity contribution in [3.05, 3.63) is 65.7 Å². The number of aliphatic hydroxyl groups excluding tert-OH is 3. The molecular formula is C73H108N17O29P. The van der Waals surface area contributed by atoms with Crippen LogP contribution in [0.3, 0.4) is 0 Å². The number of nitrogens with two attached hydrogens (primary N) is 4. The number of nitrogens with zero attached hydrogens (tertiary/aromatic N) is 2. The maximum atomic E-state index is 15.0. The Labute approximate surface area is 687 Å². The Morgan fingerprint density at radius 2 is 0.892 bits per heavy atom. The number of carbonyl (C=O) groups excluding carboxylic acids is 16. The van der Waals surface area contributed by atoms with Gasteiger partial charge < -0.3 is 126 Å². The van der Waals surface area contributed by atoms with Gasteiger partial charge in [-0.2, -0.15) is 0 Å². The van der Waals surface area contributed by atoms with E-state index in [9.17, 15) is 126 Å². The van der Waals surface area contributed by atoms with Gasteiger partial charge in [0.25, 0.3) is 0 Å². The molecule has 2 aromatic rings. The van der Waals surface area contributed by atoms with E-state index in [1.165, 1.54) is 24.3 Å². The fraction of sp³-hybridized carbons (Fsp3) is 0.575. The van der Waals surface area contributed by atoms with Crippen molar-refractivity contribution in [1.29, 1.82) is 0 Å². The van der Waals surface area contributed by atoms with Crippen LogP contribution in [0.2, 0.25) is 0 Å². The molecule has 47 heteroatoms. The summed E-state index contributed by atoms with van der Waals surface area (Å²) in [5, 5.41) is 85.7. The molecule has 664 valence electrons. The highest BCUT2D eigenvalue weighted by Gasteiger charge is 2.44. The number of carbonyl (C=O) groups is 19. The molecule has 46 nitrogen and oxygen atoms in total. The first-order chi connectivity index (χ1) is 56.4. The Morgan fingerprint density at radius 1 is 0.475 bits per heavy atom. The lowest BCUT2D eigenvalue weighted by molar-refractivity contribution is -0.144. The molecule has 2 aliphatic heterocycles. The number of carboxylic acid groups (broad SMARTS) is 3. The molecule has 0 aliphatic carbocycles. The molecule has 2 fully saturated rings. The summed E-state index contributed by atoms with van der Waals surface area (Å²) >= 11 is 0. The van der Waals surface area contributed by atoms with Gasteiger partial charge in [-0.25, -0.2) is 9.36 Å². The first-order valence-corrected chi connectivity index (χ1v) is 39.6. The molecule has 2 saturated heterocycles. The number of primary amides is 3. The first kappa shape index (κ1) is 101. The number of aliphatic hydroxyl groups is 3. The number of rotatable bonds is 52. The molecular weight excluding hydrogens is 1610 g/mol. The number of phosphoric ester groups is 1. The minimum Gasteiger partial charge on any atom is -0.481 e. The Balaban J connectivity index is 1.62. The summed E-state index contributed by atoms with van der Waals surface area (Å²) in [6, 6.07) is -8.73. The van der Waals surface area contributed by atoms with Crippen molar-refractivity contribution in [3.8, 4) is 5.75 Å². The van der Waals surface area contributed by atoms with Crippen LogP contribution in [0.5, 0.6) is 5.75 Å². The van der Waals surface area contributed by atoms with Crippen LogP contribution in [0.1, 0.15) is 129 Å². The van der Waals surface area contributed by atoms with Crippen molar-refractivity contribution in [2.24, 2.45) is 28.9 Å². The Morgan fingerprint density at radius 3 is 1.37 bits per heavy atom. The normalized spacial score (nSPS) is 17.1. The molecule has 25 N–H and O–H groups in total. The molecule has 0 radical (unpaired) electrons. The lowest BCUT2D eigenvalue weighted by Gasteiger charge is -2.31. The number of phosphoric acid groups is 1. The van der Waals surface area contributed by atoms with E-state index < -0.39 is 288 Å². The third-order valence-electron chi connectivity index (χ3n) is 18.9. The van der Waals surface area contributed by atoms with Gasteiger partial charge in [-0.15, -0.1) is 0 Å². The number of carboxylic acids is 3. The third-order valence-corrected chi connectivity index (χ3v) is 20.2. The Bertz CT molecular complexity index is 4040. The van der Waals surface area contributed by atoms with Crippen LogP contribution < -0.4 is 85.9 Å². The summed E-state index contributed by atoms with van der Waals surface area (Å²) < 4.78 is 27.9. The maximum Gasteiger partial charge on any atom is 0.529 e. The minimum atomic E-state index is -4.16. The largest absolute Gasteiger partial charge is 0.529 e. The number of aliphatic carboxylic acids is 3. The van der Waals surface area contributed by atoms with E-state index in [0.717, 1.165) is 37.9 Å². The molecule has 2 heterocycles.